The van der Waals surface area contributed by atoms with Crippen molar-refractivity contribution in [2.45, 2.75) is 39.7 Å². The molecule has 0 bridgehead atoms. The van der Waals surface area contributed by atoms with Crippen LogP contribution >= 0.6 is 0 Å². The lowest BCUT2D eigenvalue weighted by Gasteiger charge is -2.21. The van der Waals surface area contributed by atoms with E-state index in [1.165, 1.54) is 0 Å². The number of carbonyl (C=O) groups excluding carboxylic acids is 1. The van der Waals surface area contributed by atoms with Crippen molar-refractivity contribution in [3.8, 4) is 0 Å². The summed E-state index contributed by atoms with van der Waals surface area (Å²) in [5.74, 6) is 2.18. The first kappa shape index (κ1) is 17.7. The molecule has 6 nitrogen and oxygen atoms in total. The van der Waals surface area contributed by atoms with Crippen molar-refractivity contribution < 1.29 is 9.21 Å². The van der Waals surface area contributed by atoms with Gasteiger partial charge in [-0.15, -0.1) is 0 Å². The lowest BCUT2D eigenvalue weighted by Crippen LogP contribution is -2.35. The maximum Gasteiger partial charge on any atom is 0.257 e. The highest BCUT2D eigenvalue weighted by atomic mass is 16.3. The molecule has 3 heterocycles. The molecule has 25 heavy (non-hydrogen) atoms. The van der Waals surface area contributed by atoms with Crippen LogP contribution in [0.5, 0.6) is 0 Å². The molecule has 1 aliphatic rings. The first-order chi connectivity index (χ1) is 12.1. The lowest BCUT2D eigenvalue weighted by molar-refractivity contribution is 0.0760. The third-order valence-electron chi connectivity index (χ3n) is 4.71. The first-order valence-corrected chi connectivity index (χ1v) is 9.16. The van der Waals surface area contributed by atoms with Crippen LogP contribution in [0.3, 0.4) is 0 Å². The Bertz CT molecular complexity index is 719. The lowest BCUT2D eigenvalue weighted by atomic mass is 10.2. The van der Waals surface area contributed by atoms with Gasteiger partial charge < -0.3 is 9.32 Å². The van der Waals surface area contributed by atoms with Crippen LogP contribution in [-0.2, 0) is 20.0 Å². The van der Waals surface area contributed by atoms with Gasteiger partial charge in [-0.3, -0.25) is 14.4 Å². The van der Waals surface area contributed by atoms with E-state index in [9.17, 15) is 4.79 Å². The van der Waals surface area contributed by atoms with Crippen molar-refractivity contribution in [3.05, 3.63) is 41.1 Å². The topological polar surface area (TPSA) is 54.5 Å². The fourth-order valence-corrected chi connectivity index (χ4v) is 3.42. The van der Waals surface area contributed by atoms with Crippen LogP contribution < -0.4 is 0 Å². The summed E-state index contributed by atoms with van der Waals surface area (Å²) in [6.45, 7) is 8.26. The van der Waals surface area contributed by atoms with Gasteiger partial charge in [-0.25, -0.2) is 0 Å². The Morgan fingerprint density at radius 3 is 2.72 bits per heavy atom. The molecule has 6 heteroatoms. The van der Waals surface area contributed by atoms with Gasteiger partial charge in [0.25, 0.3) is 5.91 Å². The highest BCUT2D eigenvalue weighted by molar-refractivity contribution is 5.95. The minimum absolute atomic E-state index is 0.0932. The number of furan rings is 1. The van der Waals surface area contributed by atoms with Crippen molar-refractivity contribution in [3.63, 3.8) is 0 Å². The number of carbonyl (C=O) groups is 1. The summed E-state index contributed by atoms with van der Waals surface area (Å²) in [7, 11) is 1.85. The van der Waals surface area contributed by atoms with E-state index in [1.54, 1.807) is 4.68 Å². The Hall–Kier alpha value is -2.08. The molecule has 0 saturated carbocycles. The summed E-state index contributed by atoms with van der Waals surface area (Å²) >= 11 is 0. The van der Waals surface area contributed by atoms with E-state index in [2.05, 4.69) is 29.1 Å². The number of hydrogen-bond acceptors (Lipinski definition) is 4. The number of hydrogen-bond donors (Lipinski definition) is 0. The van der Waals surface area contributed by atoms with Gasteiger partial charge >= 0.3 is 0 Å². The van der Waals surface area contributed by atoms with Crippen LogP contribution in [0.1, 0.15) is 47.3 Å². The second kappa shape index (κ2) is 7.87. The SMILES string of the molecule is CCCc1ccc(CN2CCCN(C(=O)c3cn(C)nc3C)CC2)o1. The molecule has 1 amide bonds. The van der Waals surface area contributed by atoms with Crippen molar-refractivity contribution in [2.24, 2.45) is 7.05 Å². The van der Waals surface area contributed by atoms with Crippen molar-refractivity contribution in [1.29, 1.82) is 0 Å². The molecule has 0 atom stereocenters. The molecule has 0 aromatic carbocycles. The molecule has 0 aliphatic carbocycles. The molecule has 136 valence electrons. The first-order valence-electron chi connectivity index (χ1n) is 9.16. The quantitative estimate of drug-likeness (QED) is 0.837. The largest absolute Gasteiger partial charge is 0.465 e. The summed E-state index contributed by atoms with van der Waals surface area (Å²) in [4.78, 5) is 17.1. The van der Waals surface area contributed by atoms with E-state index in [0.29, 0.717) is 5.56 Å². The molecule has 0 N–H and O–H groups in total. The average Bonchev–Trinajstić information content (AvgIpc) is 3.06. The molecular weight excluding hydrogens is 316 g/mol. The maximum absolute atomic E-state index is 12.8. The van der Waals surface area contributed by atoms with Crippen LogP contribution in [0.4, 0.5) is 0 Å². The molecule has 0 unspecified atom stereocenters. The van der Waals surface area contributed by atoms with Crippen LogP contribution in [0.15, 0.2) is 22.7 Å². The molecule has 1 saturated heterocycles. The van der Waals surface area contributed by atoms with E-state index in [4.69, 9.17) is 4.42 Å². The number of rotatable bonds is 5. The fraction of sp³-hybridized carbons (Fsp3) is 0.579. The number of nitrogens with zero attached hydrogens (tertiary/aromatic N) is 4. The minimum Gasteiger partial charge on any atom is -0.465 e. The van der Waals surface area contributed by atoms with Gasteiger partial charge in [0.1, 0.15) is 11.5 Å². The smallest absolute Gasteiger partial charge is 0.257 e. The van der Waals surface area contributed by atoms with Gasteiger partial charge in [0.2, 0.25) is 0 Å². The monoisotopic (exact) mass is 344 g/mol. The van der Waals surface area contributed by atoms with Crippen molar-refractivity contribution >= 4 is 5.91 Å². The van der Waals surface area contributed by atoms with Gasteiger partial charge in [-0.05, 0) is 31.9 Å². The molecule has 0 spiro atoms. The fourth-order valence-electron chi connectivity index (χ4n) is 3.42. The predicted octanol–water partition coefficient (Wildman–Crippen LogP) is 2.62. The summed E-state index contributed by atoms with van der Waals surface area (Å²) < 4.78 is 7.60. The zero-order valence-electron chi connectivity index (χ0n) is 15.5. The Balaban J connectivity index is 1.58. The summed E-state index contributed by atoms with van der Waals surface area (Å²) in [5, 5.41) is 4.28. The van der Waals surface area contributed by atoms with E-state index in [0.717, 1.165) is 69.2 Å². The molecule has 0 radical (unpaired) electrons. The highest BCUT2D eigenvalue weighted by Crippen LogP contribution is 2.16. The van der Waals surface area contributed by atoms with Crippen molar-refractivity contribution in [1.82, 2.24) is 19.6 Å². The zero-order chi connectivity index (χ0) is 17.8. The molecule has 2 aromatic heterocycles. The third kappa shape index (κ3) is 4.31. The minimum atomic E-state index is 0.0932. The maximum atomic E-state index is 12.8. The Morgan fingerprint density at radius 2 is 2.00 bits per heavy atom. The van der Waals surface area contributed by atoms with Crippen LogP contribution in [0.25, 0.3) is 0 Å². The van der Waals surface area contributed by atoms with E-state index < -0.39 is 0 Å². The normalized spacial score (nSPS) is 16.2. The predicted molar refractivity (Wildman–Crippen MR) is 96.4 cm³/mol. The van der Waals surface area contributed by atoms with Crippen molar-refractivity contribution in [2.75, 3.05) is 26.2 Å². The Labute approximate surface area is 149 Å². The zero-order valence-corrected chi connectivity index (χ0v) is 15.5. The van der Waals surface area contributed by atoms with Crippen LogP contribution in [0.2, 0.25) is 0 Å². The second-order valence-corrected chi connectivity index (χ2v) is 6.84. The molecular formula is C19H28N4O2. The third-order valence-corrected chi connectivity index (χ3v) is 4.71. The summed E-state index contributed by atoms with van der Waals surface area (Å²) in [6.07, 6.45) is 4.89. The van der Waals surface area contributed by atoms with Crippen LogP contribution in [-0.4, -0.2) is 51.7 Å². The van der Waals surface area contributed by atoms with E-state index in [-0.39, 0.29) is 5.91 Å². The second-order valence-electron chi connectivity index (χ2n) is 6.84. The standard InChI is InChI=1S/C19H28N4O2/c1-4-6-16-7-8-17(25-16)13-22-9-5-10-23(12-11-22)19(24)18-14-21(3)20-15(18)2/h7-8,14H,4-6,9-13H2,1-3H3. The number of aromatic nitrogens is 2. The van der Waals surface area contributed by atoms with Gasteiger partial charge in [0.05, 0.1) is 17.8 Å². The van der Waals surface area contributed by atoms with Gasteiger partial charge in [0, 0.05) is 45.8 Å². The number of amides is 1. The number of aryl methyl sites for hydroxylation is 3. The van der Waals surface area contributed by atoms with Gasteiger partial charge in [0.15, 0.2) is 0 Å². The van der Waals surface area contributed by atoms with Crippen LogP contribution in [0, 0.1) is 6.92 Å². The molecule has 1 fully saturated rings. The summed E-state index contributed by atoms with van der Waals surface area (Å²) in [6, 6.07) is 4.16. The van der Waals surface area contributed by atoms with Gasteiger partial charge in [-0.1, -0.05) is 6.92 Å². The molecule has 1 aliphatic heterocycles. The summed E-state index contributed by atoms with van der Waals surface area (Å²) in [5.41, 5.74) is 1.51. The highest BCUT2D eigenvalue weighted by Gasteiger charge is 2.23. The molecule has 2 aromatic rings. The van der Waals surface area contributed by atoms with E-state index >= 15 is 0 Å². The van der Waals surface area contributed by atoms with Gasteiger partial charge in [-0.2, -0.15) is 5.10 Å². The van der Waals surface area contributed by atoms with E-state index in [1.807, 2.05) is 25.1 Å². The average molecular weight is 344 g/mol. The Morgan fingerprint density at radius 1 is 1.20 bits per heavy atom. The Kier molecular flexibility index (Phi) is 5.58. The molecule has 3 rings (SSSR count).